The molecule has 171 valence electrons. The molecule has 0 heterocycles. The topological polar surface area (TPSA) is 64.6 Å². The number of hydrogen-bond acceptors (Lipinski definition) is 5. The number of halogens is 2. The van der Waals surface area contributed by atoms with Gasteiger partial charge in [0.25, 0.3) is 0 Å². The molecule has 32 heavy (non-hydrogen) atoms. The van der Waals surface area contributed by atoms with E-state index < -0.39 is 15.1 Å². The van der Waals surface area contributed by atoms with E-state index in [1.54, 1.807) is 30.3 Å². The van der Waals surface area contributed by atoms with Gasteiger partial charge in [-0.05, 0) is 0 Å². The number of nitrogens with one attached hydrogen (secondary N) is 1. The van der Waals surface area contributed by atoms with Crippen molar-refractivity contribution in [1.82, 2.24) is 0 Å². The molecule has 3 aromatic rings. The maximum absolute atomic E-state index is 13.7. The second-order valence-electron chi connectivity index (χ2n) is 6.82. The molecule has 1 atom stereocenters. The zero-order valence-corrected chi connectivity index (χ0v) is 21.5. The molecule has 0 fully saturated rings. The van der Waals surface area contributed by atoms with E-state index >= 15 is 0 Å². The first-order chi connectivity index (χ1) is 15.2. The van der Waals surface area contributed by atoms with Gasteiger partial charge in [0.1, 0.15) is 0 Å². The zero-order valence-electron chi connectivity index (χ0n) is 17.3. The Labute approximate surface area is 209 Å². The monoisotopic (exact) mass is 580 g/mol. The summed E-state index contributed by atoms with van der Waals surface area (Å²) < 4.78 is 39.4. The predicted octanol–water partition coefficient (Wildman–Crippen LogP) is 5.81. The number of hydrogen-bond donors (Lipinski definition) is 1. The molecule has 0 radical (unpaired) electrons. The molecule has 0 spiro atoms. The Hall–Kier alpha value is -1.84. The third-order valence-electron chi connectivity index (χ3n) is 4.75. The Morgan fingerprint density at radius 3 is 2.34 bits per heavy atom. The minimum atomic E-state index is -3.84. The van der Waals surface area contributed by atoms with Crippen LogP contribution in [0.1, 0.15) is 17.2 Å². The molecule has 9 heteroatoms. The van der Waals surface area contributed by atoms with Crippen molar-refractivity contribution in [2.75, 3.05) is 19.5 Å². The van der Waals surface area contributed by atoms with Gasteiger partial charge in [0.15, 0.2) is 0 Å². The van der Waals surface area contributed by atoms with Crippen LogP contribution in [-0.2, 0) is 25.1 Å². The number of sulfone groups is 1. The van der Waals surface area contributed by atoms with Crippen molar-refractivity contribution >= 4 is 47.6 Å². The Morgan fingerprint density at radius 2 is 1.72 bits per heavy atom. The third-order valence-corrected chi connectivity index (χ3v) is 7.96. The van der Waals surface area contributed by atoms with Crippen molar-refractivity contribution in [3.63, 3.8) is 0 Å². The van der Waals surface area contributed by atoms with Gasteiger partial charge in [-0.25, -0.2) is 0 Å². The molecule has 1 unspecified atom stereocenters. The van der Waals surface area contributed by atoms with Crippen molar-refractivity contribution in [3.05, 3.63) is 81.8 Å². The molecule has 3 rings (SSSR count). The van der Waals surface area contributed by atoms with Gasteiger partial charge in [-0.3, -0.25) is 0 Å². The molecule has 5 nitrogen and oxygen atoms in total. The van der Waals surface area contributed by atoms with E-state index in [9.17, 15) is 8.42 Å². The van der Waals surface area contributed by atoms with Crippen molar-refractivity contribution in [2.24, 2.45) is 0 Å². The molecule has 0 bridgehead atoms. The summed E-state index contributed by atoms with van der Waals surface area (Å²) in [5.74, 6) is 0.782. The second kappa shape index (κ2) is 10.8. The molecule has 0 amide bonds. The fourth-order valence-corrected chi connectivity index (χ4v) is 5.86. The third kappa shape index (κ3) is 5.93. The molecule has 0 aliphatic rings. The second-order valence-corrected chi connectivity index (χ2v) is 10.9. The Kier molecular flexibility index (Phi) is 8.41. The fraction of sp³-hybridized carbons (Fsp3) is 0.174. The molecule has 3 aromatic carbocycles. The van der Waals surface area contributed by atoms with Crippen LogP contribution in [-0.4, -0.2) is 27.2 Å². The molecular weight excluding hydrogens is 561 g/mol. The first-order valence-electron chi connectivity index (χ1n) is 9.47. The number of anilines is 1. The van der Waals surface area contributed by atoms with Crippen LogP contribution in [0.5, 0.6) is 11.5 Å². The van der Waals surface area contributed by atoms with Gasteiger partial charge in [-0.1, -0.05) is 0 Å². The predicted molar refractivity (Wildman–Crippen MR) is 128 cm³/mol. The van der Waals surface area contributed by atoms with E-state index in [1.807, 2.05) is 24.3 Å². The number of ether oxygens (including phenoxy) is 2. The average Bonchev–Trinajstić information content (AvgIpc) is 2.78. The number of rotatable bonds is 9. The average molecular weight is 582 g/mol. The number of benzene rings is 3. The first-order valence-corrected chi connectivity index (χ1v) is 12.7. The van der Waals surface area contributed by atoms with Crippen LogP contribution in [0.15, 0.2) is 76.1 Å². The summed E-state index contributed by atoms with van der Waals surface area (Å²) >= 11 is 14.2. The minimum absolute atomic E-state index is 0.115. The molecule has 1 N–H and O–H groups in total. The Morgan fingerprint density at radius 1 is 1.03 bits per heavy atom. The van der Waals surface area contributed by atoms with Gasteiger partial charge >= 0.3 is 210 Å². The summed E-state index contributed by atoms with van der Waals surface area (Å²) in [7, 11) is -0.876. The quantitative estimate of drug-likeness (QED) is 0.345. The van der Waals surface area contributed by atoms with Gasteiger partial charge in [-0.2, -0.15) is 0 Å². The summed E-state index contributed by atoms with van der Waals surface area (Å²) in [6.07, 6.45) is 0.118. The van der Waals surface area contributed by atoms with Gasteiger partial charge in [-0.15, -0.1) is 0 Å². The first kappa shape index (κ1) is 24.8. The van der Waals surface area contributed by atoms with Gasteiger partial charge in [0.05, 0.1) is 0 Å². The molecule has 0 saturated carbocycles. The van der Waals surface area contributed by atoms with E-state index in [2.05, 4.69) is 36.5 Å². The van der Waals surface area contributed by atoms with Crippen LogP contribution in [0.25, 0.3) is 0 Å². The summed E-state index contributed by atoms with van der Waals surface area (Å²) in [4.78, 5) is 0.115. The standard InChI is InChI=1S/C23H21BrClNO4S.Co/c1-29-21-11-10-20(15-22(21)30-2)31(27,28)23(16-4-3-5-18(25)14-16)12-13-26-19-8-6-17(24)7-9-19;/h3-11,14-15,23,26H,12H2,1-2H3;. The Balaban J connectivity index is 1.98. The zero-order chi connectivity index (χ0) is 23.3. The van der Waals surface area contributed by atoms with E-state index in [-0.39, 0.29) is 11.3 Å². The van der Waals surface area contributed by atoms with Crippen molar-refractivity contribution in [2.45, 2.75) is 16.6 Å². The van der Waals surface area contributed by atoms with E-state index in [4.69, 9.17) is 21.1 Å². The summed E-state index contributed by atoms with van der Waals surface area (Å²) in [6.45, 7) is 0. The van der Waals surface area contributed by atoms with Gasteiger partial charge < -0.3 is 0 Å². The molecule has 0 saturated heterocycles. The summed E-state index contributed by atoms with van der Waals surface area (Å²) in [5, 5.41) is 2.69. The van der Waals surface area contributed by atoms with Crippen LogP contribution in [0, 0.1) is 0 Å². The SMILES string of the molecule is COc1ccc(S(=O)(=O)C(C[C](=[Co])Nc2ccc(Br)cc2)c2cccc(Cl)c2)cc1OC. The van der Waals surface area contributed by atoms with E-state index in [0.717, 1.165) is 10.2 Å². The van der Waals surface area contributed by atoms with Crippen molar-refractivity contribution in [3.8, 4) is 11.5 Å². The van der Waals surface area contributed by atoms with Crippen molar-refractivity contribution < 1.29 is 33.2 Å². The van der Waals surface area contributed by atoms with Crippen LogP contribution >= 0.6 is 27.5 Å². The maximum atomic E-state index is 13.7. The van der Waals surface area contributed by atoms with Crippen molar-refractivity contribution in [1.29, 1.82) is 0 Å². The molecule has 0 aliphatic heterocycles. The normalized spacial score (nSPS) is 12.2. The van der Waals surface area contributed by atoms with Gasteiger partial charge in [0.2, 0.25) is 0 Å². The Bertz CT molecular complexity index is 1220. The van der Waals surface area contributed by atoms with Gasteiger partial charge in [0, 0.05) is 0 Å². The van der Waals surface area contributed by atoms with Crippen LogP contribution in [0.4, 0.5) is 5.69 Å². The van der Waals surface area contributed by atoms with Crippen LogP contribution < -0.4 is 14.8 Å². The van der Waals surface area contributed by atoms with Crippen LogP contribution in [0.2, 0.25) is 5.02 Å². The van der Waals surface area contributed by atoms with Crippen LogP contribution in [0.3, 0.4) is 0 Å². The molecule has 0 aromatic heterocycles. The summed E-state index contributed by atoms with van der Waals surface area (Å²) in [6, 6.07) is 18.9. The fourth-order valence-electron chi connectivity index (χ4n) is 3.16. The molecular formula is C23H21BrClCoNO4S. The van der Waals surface area contributed by atoms with E-state index in [1.165, 1.54) is 26.4 Å². The molecule has 0 aliphatic carbocycles. The number of methoxy groups -OCH3 is 2. The van der Waals surface area contributed by atoms with E-state index in [0.29, 0.717) is 26.7 Å². The summed E-state index contributed by atoms with van der Waals surface area (Å²) in [5.41, 5.74) is 1.36.